The van der Waals surface area contributed by atoms with Crippen molar-refractivity contribution >= 4 is 28.2 Å². The second-order valence-corrected chi connectivity index (χ2v) is 8.12. The van der Waals surface area contributed by atoms with E-state index < -0.39 is 23.5 Å². The molecule has 7 heteroatoms. The first-order valence-electron chi connectivity index (χ1n) is 10.4. The second-order valence-electron chi connectivity index (χ2n) is 8.12. The van der Waals surface area contributed by atoms with Crippen molar-refractivity contribution in [3.05, 3.63) is 77.6 Å². The summed E-state index contributed by atoms with van der Waals surface area (Å²) in [5.74, 6) is -1.96. The number of pyridine rings is 1. The van der Waals surface area contributed by atoms with Crippen LogP contribution < -0.4 is 0 Å². The van der Waals surface area contributed by atoms with Crippen molar-refractivity contribution in [1.82, 2.24) is 14.8 Å². The normalized spacial score (nSPS) is 18.1. The molecular formula is C25H25N3O4. The number of fused-ring (bicyclic) bond motifs is 1. The molecule has 1 unspecified atom stereocenters. The second kappa shape index (κ2) is 8.80. The maximum absolute atomic E-state index is 13.1. The minimum Gasteiger partial charge on any atom is -0.507 e. The maximum Gasteiger partial charge on any atom is 0.295 e. The van der Waals surface area contributed by atoms with Gasteiger partial charge in [0.25, 0.3) is 11.7 Å². The Kier molecular flexibility index (Phi) is 5.92. The Bertz CT molecular complexity index is 1200. The largest absolute Gasteiger partial charge is 0.507 e. The summed E-state index contributed by atoms with van der Waals surface area (Å²) >= 11 is 0. The Labute approximate surface area is 186 Å². The fourth-order valence-corrected chi connectivity index (χ4v) is 4.14. The Morgan fingerprint density at radius 1 is 1.09 bits per heavy atom. The van der Waals surface area contributed by atoms with E-state index in [9.17, 15) is 19.8 Å². The van der Waals surface area contributed by atoms with Crippen LogP contribution in [0.25, 0.3) is 16.5 Å². The van der Waals surface area contributed by atoms with Crippen LogP contribution in [0.2, 0.25) is 0 Å². The summed E-state index contributed by atoms with van der Waals surface area (Å²) < 4.78 is 0. The van der Waals surface area contributed by atoms with Crippen molar-refractivity contribution in [2.24, 2.45) is 0 Å². The van der Waals surface area contributed by atoms with E-state index in [0.717, 1.165) is 11.9 Å². The zero-order chi connectivity index (χ0) is 22.8. The molecule has 2 heterocycles. The van der Waals surface area contributed by atoms with E-state index in [2.05, 4.69) is 4.98 Å². The van der Waals surface area contributed by atoms with Crippen LogP contribution in [0.5, 0.6) is 5.75 Å². The number of aliphatic hydroxyl groups is 1. The van der Waals surface area contributed by atoms with Crippen molar-refractivity contribution in [2.45, 2.75) is 12.5 Å². The molecule has 1 aromatic heterocycles. The van der Waals surface area contributed by atoms with Crippen LogP contribution >= 0.6 is 0 Å². The molecule has 1 saturated heterocycles. The summed E-state index contributed by atoms with van der Waals surface area (Å²) in [4.78, 5) is 33.6. The number of likely N-dealkylation sites (tertiary alicyclic amines) is 1. The minimum atomic E-state index is -0.781. The summed E-state index contributed by atoms with van der Waals surface area (Å²) in [5.41, 5.74) is 0.695. The molecule has 1 aliphatic heterocycles. The van der Waals surface area contributed by atoms with Crippen molar-refractivity contribution in [2.75, 3.05) is 27.2 Å². The van der Waals surface area contributed by atoms with Gasteiger partial charge >= 0.3 is 0 Å². The van der Waals surface area contributed by atoms with Gasteiger partial charge in [-0.15, -0.1) is 0 Å². The Morgan fingerprint density at radius 3 is 2.59 bits per heavy atom. The molecule has 2 aromatic carbocycles. The first kappa shape index (κ1) is 21.5. The van der Waals surface area contributed by atoms with Gasteiger partial charge in [-0.05, 0) is 50.1 Å². The summed E-state index contributed by atoms with van der Waals surface area (Å²) in [6.45, 7) is 1.09. The number of aromatic hydroxyl groups is 1. The van der Waals surface area contributed by atoms with Crippen LogP contribution in [0.3, 0.4) is 0 Å². The fraction of sp³-hybridized carbons (Fsp3) is 0.240. The molecule has 3 aromatic rings. The topological polar surface area (TPSA) is 94.0 Å². The van der Waals surface area contributed by atoms with E-state index in [-0.39, 0.29) is 16.9 Å². The molecule has 1 fully saturated rings. The van der Waals surface area contributed by atoms with E-state index in [1.165, 1.54) is 4.90 Å². The SMILES string of the molecule is CN(C)CCCN1C(=O)C(=O)C(=C(O)c2ccc3ccccc3c2O)C1c1cccnc1. The highest BCUT2D eigenvalue weighted by Gasteiger charge is 2.46. The minimum absolute atomic E-state index is 0.0431. The smallest absolute Gasteiger partial charge is 0.295 e. The number of Topliss-reactive ketones (excluding diaryl/α,β-unsaturated/α-hetero) is 1. The molecule has 0 bridgehead atoms. The highest BCUT2D eigenvalue weighted by Crippen LogP contribution is 2.41. The highest BCUT2D eigenvalue weighted by molar-refractivity contribution is 6.46. The van der Waals surface area contributed by atoms with Gasteiger partial charge < -0.3 is 20.0 Å². The van der Waals surface area contributed by atoms with Crippen LogP contribution in [0.4, 0.5) is 0 Å². The zero-order valence-corrected chi connectivity index (χ0v) is 18.0. The lowest BCUT2D eigenvalue weighted by molar-refractivity contribution is -0.139. The third-order valence-electron chi connectivity index (χ3n) is 5.70. The number of phenols is 1. The quantitative estimate of drug-likeness (QED) is 0.353. The predicted molar refractivity (Wildman–Crippen MR) is 122 cm³/mol. The van der Waals surface area contributed by atoms with Crippen LogP contribution in [0.15, 0.2) is 66.5 Å². The number of amides is 1. The fourth-order valence-electron chi connectivity index (χ4n) is 4.14. The van der Waals surface area contributed by atoms with Crippen molar-refractivity contribution in [3.8, 4) is 5.75 Å². The number of hydrogen-bond donors (Lipinski definition) is 2. The van der Waals surface area contributed by atoms with Crippen LogP contribution in [-0.2, 0) is 9.59 Å². The molecule has 0 aliphatic carbocycles. The van der Waals surface area contributed by atoms with E-state index in [1.807, 2.05) is 31.1 Å². The Balaban J connectivity index is 1.85. The molecule has 4 rings (SSSR count). The van der Waals surface area contributed by atoms with E-state index in [0.29, 0.717) is 23.9 Å². The number of carbonyl (C=O) groups is 2. The summed E-state index contributed by atoms with van der Waals surface area (Å²) in [6, 6.07) is 13.3. The molecular weight excluding hydrogens is 406 g/mol. The number of aromatic nitrogens is 1. The van der Waals surface area contributed by atoms with Gasteiger partial charge in [0.2, 0.25) is 0 Å². The van der Waals surface area contributed by atoms with Crippen molar-refractivity contribution < 1.29 is 19.8 Å². The number of carbonyl (C=O) groups excluding carboxylic acids is 2. The third-order valence-corrected chi connectivity index (χ3v) is 5.70. The third kappa shape index (κ3) is 3.83. The number of phenolic OH excluding ortho intramolecular Hbond substituents is 1. The molecule has 0 spiro atoms. The number of aliphatic hydroxyl groups excluding tert-OH is 1. The monoisotopic (exact) mass is 431 g/mol. The highest BCUT2D eigenvalue weighted by atomic mass is 16.3. The molecule has 1 atom stereocenters. The lowest BCUT2D eigenvalue weighted by Gasteiger charge is -2.25. The van der Waals surface area contributed by atoms with Crippen molar-refractivity contribution in [3.63, 3.8) is 0 Å². The number of rotatable bonds is 6. The summed E-state index contributed by atoms with van der Waals surface area (Å²) in [7, 11) is 3.88. The van der Waals surface area contributed by atoms with E-state index >= 15 is 0 Å². The molecule has 2 N–H and O–H groups in total. The van der Waals surface area contributed by atoms with Gasteiger partial charge in [0.1, 0.15) is 11.5 Å². The maximum atomic E-state index is 13.1. The number of ketones is 1. The number of hydrogen-bond acceptors (Lipinski definition) is 6. The average molecular weight is 431 g/mol. The molecule has 0 saturated carbocycles. The number of nitrogens with zero attached hydrogens (tertiary/aromatic N) is 3. The van der Waals surface area contributed by atoms with Crippen LogP contribution in [-0.4, -0.2) is 63.9 Å². The predicted octanol–water partition coefficient (Wildman–Crippen LogP) is 3.31. The van der Waals surface area contributed by atoms with E-state index in [1.54, 1.807) is 48.8 Å². The molecule has 32 heavy (non-hydrogen) atoms. The summed E-state index contributed by atoms with van der Waals surface area (Å²) in [5, 5.41) is 23.4. The molecule has 0 radical (unpaired) electrons. The molecule has 1 amide bonds. The lowest BCUT2D eigenvalue weighted by Crippen LogP contribution is -2.32. The van der Waals surface area contributed by atoms with Gasteiger partial charge in [-0.2, -0.15) is 0 Å². The standard InChI is InChI=1S/C25H25N3O4/c1-27(2)13-6-14-28-21(17-8-5-12-26-15-17)20(24(31)25(28)32)23(30)19-11-10-16-7-3-4-9-18(16)22(19)29/h3-5,7-12,15,21,29-30H,6,13-14H2,1-2H3. The zero-order valence-electron chi connectivity index (χ0n) is 18.0. The molecule has 1 aliphatic rings. The molecule has 7 nitrogen and oxygen atoms in total. The van der Waals surface area contributed by atoms with Gasteiger partial charge in [0.05, 0.1) is 17.2 Å². The average Bonchev–Trinajstić information content (AvgIpc) is 3.04. The molecule has 164 valence electrons. The first-order valence-corrected chi connectivity index (χ1v) is 10.4. The first-order chi connectivity index (χ1) is 15.4. The van der Waals surface area contributed by atoms with Crippen LogP contribution in [0.1, 0.15) is 23.6 Å². The Hall–Kier alpha value is -3.71. The van der Waals surface area contributed by atoms with Gasteiger partial charge in [0, 0.05) is 24.3 Å². The van der Waals surface area contributed by atoms with Gasteiger partial charge in [0.15, 0.2) is 0 Å². The number of benzene rings is 2. The Morgan fingerprint density at radius 2 is 1.88 bits per heavy atom. The van der Waals surface area contributed by atoms with Crippen LogP contribution in [0, 0.1) is 0 Å². The van der Waals surface area contributed by atoms with Gasteiger partial charge in [-0.1, -0.05) is 36.4 Å². The summed E-state index contributed by atoms with van der Waals surface area (Å²) in [6.07, 6.45) is 3.86. The van der Waals surface area contributed by atoms with Crippen molar-refractivity contribution in [1.29, 1.82) is 0 Å². The lowest BCUT2D eigenvalue weighted by atomic mass is 9.94. The van der Waals surface area contributed by atoms with Gasteiger partial charge in [-0.25, -0.2) is 0 Å². The van der Waals surface area contributed by atoms with Gasteiger partial charge in [-0.3, -0.25) is 14.6 Å². The van der Waals surface area contributed by atoms with E-state index in [4.69, 9.17) is 0 Å².